The predicted molar refractivity (Wildman–Crippen MR) is 77.1 cm³/mol. The normalized spacial score (nSPS) is 13.8. The number of hydrogen-bond donors (Lipinski definition) is 1. The Morgan fingerprint density at radius 3 is 2.55 bits per heavy atom. The molecule has 1 N–H and O–H groups in total. The molecule has 0 saturated heterocycles. The van der Waals surface area contributed by atoms with Crippen molar-refractivity contribution in [1.82, 2.24) is 0 Å². The van der Waals surface area contributed by atoms with E-state index in [1.165, 1.54) is 17.7 Å². The molecule has 0 radical (unpaired) electrons. The standard InChI is InChI=1S/C16H16F2N2/c1-11-2-4-12(5-3-11)10-20-7-6-19-15-8-13(17)14(18)9-16(15)20/h2-5,8-9,19H,6-7,10H2,1H3. The van der Waals surface area contributed by atoms with Crippen molar-refractivity contribution in [3.05, 3.63) is 59.2 Å². The van der Waals surface area contributed by atoms with Gasteiger partial charge in [-0.05, 0) is 12.5 Å². The van der Waals surface area contributed by atoms with E-state index in [0.29, 0.717) is 12.2 Å². The fraction of sp³-hybridized carbons (Fsp3) is 0.250. The highest BCUT2D eigenvalue weighted by Crippen LogP contribution is 2.32. The molecule has 0 atom stereocenters. The van der Waals surface area contributed by atoms with Gasteiger partial charge in [0.2, 0.25) is 0 Å². The third-order valence-electron chi connectivity index (χ3n) is 3.57. The maximum absolute atomic E-state index is 13.4. The van der Waals surface area contributed by atoms with Crippen molar-refractivity contribution < 1.29 is 8.78 Å². The molecule has 20 heavy (non-hydrogen) atoms. The van der Waals surface area contributed by atoms with E-state index in [4.69, 9.17) is 0 Å². The number of nitrogens with one attached hydrogen (secondary N) is 1. The first-order valence-corrected chi connectivity index (χ1v) is 6.67. The van der Waals surface area contributed by atoms with Crippen LogP contribution in [0.2, 0.25) is 0 Å². The molecular formula is C16H16F2N2. The van der Waals surface area contributed by atoms with E-state index >= 15 is 0 Å². The van der Waals surface area contributed by atoms with Gasteiger partial charge in [0.05, 0.1) is 11.4 Å². The van der Waals surface area contributed by atoms with Crippen LogP contribution in [0.1, 0.15) is 11.1 Å². The van der Waals surface area contributed by atoms with Gasteiger partial charge in [0.1, 0.15) is 0 Å². The van der Waals surface area contributed by atoms with Crippen LogP contribution in [0.4, 0.5) is 20.2 Å². The van der Waals surface area contributed by atoms with Crippen molar-refractivity contribution in [2.24, 2.45) is 0 Å². The second kappa shape index (κ2) is 5.12. The molecule has 1 heterocycles. The molecule has 0 aliphatic carbocycles. The highest BCUT2D eigenvalue weighted by atomic mass is 19.2. The minimum Gasteiger partial charge on any atom is -0.382 e. The van der Waals surface area contributed by atoms with E-state index in [0.717, 1.165) is 24.3 Å². The molecule has 2 nitrogen and oxygen atoms in total. The summed E-state index contributed by atoms with van der Waals surface area (Å²) in [5.74, 6) is -1.62. The zero-order chi connectivity index (χ0) is 14.1. The number of fused-ring (bicyclic) bond motifs is 1. The Labute approximate surface area is 117 Å². The molecule has 1 aliphatic heterocycles. The summed E-state index contributed by atoms with van der Waals surface area (Å²) in [6.07, 6.45) is 0. The lowest BCUT2D eigenvalue weighted by molar-refractivity contribution is 0.508. The van der Waals surface area contributed by atoms with Crippen LogP contribution in [-0.4, -0.2) is 13.1 Å². The number of rotatable bonds is 2. The van der Waals surface area contributed by atoms with Gasteiger partial charge in [-0.25, -0.2) is 8.78 Å². The number of nitrogens with zero attached hydrogens (tertiary/aromatic N) is 1. The van der Waals surface area contributed by atoms with E-state index in [1.807, 2.05) is 6.92 Å². The molecule has 3 rings (SSSR count). The summed E-state index contributed by atoms with van der Waals surface area (Å²) in [7, 11) is 0. The van der Waals surface area contributed by atoms with Crippen molar-refractivity contribution >= 4 is 11.4 Å². The summed E-state index contributed by atoms with van der Waals surface area (Å²) < 4.78 is 26.7. The van der Waals surface area contributed by atoms with Gasteiger partial charge >= 0.3 is 0 Å². The Bertz CT molecular complexity index is 623. The molecule has 0 amide bonds. The third-order valence-corrected chi connectivity index (χ3v) is 3.57. The van der Waals surface area contributed by atoms with Gasteiger partial charge in [-0.2, -0.15) is 0 Å². The van der Waals surface area contributed by atoms with E-state index in [1.54, 1.807) is 0 Å². The summed E-state index contributed by atoms with van der Waals surface area (Å²) in [6.45, 7) is 4.23. The molecule has 1 aliphatic rings. The summed E-state index contributed by atoms with van der Waals surface area (Å²) >= 11 is 0. The lowest BCUT2D eigenvalue weighted by Crippen LogP contribution is -2.33. The summed E-state index contributed by atoms with van der Waals surface area (Å²) in [5.41, 5.74) is 3.74. The van der Waals surface area contributed by atoms with Gasteiger partial charge in [0, 0.05) is 31.8 Å². The molecule has 0 aromatic heterocycles. The summed E-state index contributed by atoms with van der Waals surface area (Å²) in [6, 6.07) is 10.7. The molecule has 4 heteroatoms. The molecule has 0 bridgehead atoms. The van der Waals surface area contributed by atoms with E-state index in [2.05, 4.69) is 34.5 Å². The monoisotopic (exact) mass is 274 g/mol. The average molecular weight is 274 g/mol. The van der Waals surface area contributed by atoms with Crippen molar-refractivity contribution in [2.45, 2.75) is 13.5 Å². The molecule has 0 saturated carbocycles. The van der Waals surface area contributed by atoms with Crippen LogP contribution in [0.25, 0.3) is 0 Å². The van der Waals surface area contributed by atoms with Crippen LogP contribution in [0.15, 0.2) is 36.4 Å². The molecule has 2 aromatic rings. The van der Waals surface area contributed by atoms with Gasteiger partial charge in [-0.15, -0.1) is 0 Å². The summed E-state index contributed by atoms with van der Waals surface area (Å²) in [4.78, 5) is 2.07. The van der Waals surface area contributed by atoms with Gasteiger partial charge in [-0.1, -0.05) is 29.8 Å². The van der Waals surface area contributed by atoms with Crippen LogP contribution in [0.5, 0.6) is 0 Å². The van der Waals surface area contributed by atoms with Crippen molar-refractivity contribution in [2.75, 3.05) is 23.3 Å². The fourth-order valence-electron chi connectivity index (χ4n) is 2.46. The quantitative estimate of drug-likeness (QED) is 0.898. The number of anilines is 2. The Morgan fingerprint density at radius 2 is 1.80 bits per heavy atom. The SMILES string of the molecule is Cc1ccc(CN2CCNc3cc(F)c(F)cc32)cc1. The first-order valence-electron chi connectivity index (χ1n) is 6.67. The highest BCUT2D eigenvalue weighted by Gasteiger charge is 2.19. The Kier molecular flexibility index (Phi) is 3.30. The minimum absolute atomic E-state index is 0.655. The molecular weight excluding hydrogens is 258 g/mol. The molecule has 2 aromatic carbocycles. The Balaban J connectivity index is 1.89. The summed E-state index contributed by atoms with van der Waals surface area (Å²) in [5, 5.41) is 3.11. The maximum Gasteiger partial charge on any atom is 0.161 e. The molecule has 0 spiro atoms. The van der Waals surface area contributed by atoms with E-state index in [-0.39, 0.29) is 0 Å². The van der Waals surface area contributed by atoms with E-state index in [9.17, 15) is 8.78 Å². The number of halogens is 2. The third kappa shape index (κ3) is 2.46. The first kappa shape index (κ1) is 12.9. The first-order chi connectivity index (χ1) is 9.63. The van der Waals surface area contributed by atoms with Gasteiger partial charge in [-0.3, -0.25) is 0 Å². The maximum atomic E-state index is 13.4. The topological polar surface area (TPSA) is 15.3 Å². The number of hydrogen-bond acceptors (Lipinski definition) is 2. The zero-order valence-corrected chi connectivity index (χ0v) is 11.3. The lowest BCUT2D eigenvalue weighted by Gasteiger charge is -2.32. The van der Waals surface area contributed by atoms with Crippen LogP contribution in [0, 0.1) is 18.6 Å². The lowest BCUT2D eigenvalue weighted by atomic mass is 10.1. The van der Waals surface area contributed by atoms with Crippen LogP contribution >= 0.6 is 0 Å². The zero-order valence-electron chi connectivity index (χ0n) is 11.3. The van der Waals surface area contributed by atoms with Crippen LogP contribution < -0.4 is 10.2 Å². The molecule has 0 fully saturated rings. The molecule has 0 unspecified atom stereocenters. The highest BCUT2D eigenvalue weighted by molar-refractivity contribution is 5.72. The van der Waals surface area contributed by atoms with E-state index < -0.39 is 11.6 Å². The van der Waals surface area contributed by atoms with Crippen molar-refractivity contribution in [3.63, 3.8) is 0 Å². The predicted octanol–water partition coefficient (Wildman–Crippen LogP) is 3.71. The number of aryl methyl sites for hydroxylation is 1. The largest absolute Gasteiger partial charge is 0.382 e. The smallest absolute Gasteiger partial charge is 0.161 e. The van der Waals surface area contributed by atoms with Crippen LogP contribution in [-0.2, 0) is 6.54 Å². The second-order valence-electron chi connectivity index (χ2n) is 5.12. The Morgan fingerprint density at radius 1 is 1.10 bits per heavy atom. The van der Waals surface area contributed by atoms with Crippen molar-refractivity contribution in [1.29, 1.82) is 0 Å². The fourth-order valence-corrected chi connectivity index (χ4v) is 2.46. The van der Waals surface area contributed by atoms with Gasteiger partial charge < -0.3 is 10.2 Å². The Hall–Kier alpha value is -2.10. The van der Waals surface area contributed by atoms with Crippen LogP contribution in [0.3, 0.4) is 0 Å². The van der Waals surface area contributed by atoms with Gasteiger partial charge in [0.15, 0.2) is 11.6 Å². The molecule has 104 valence electrons. The second-order valence-corrected chi connectivity index (χ2v) is 5.12. The van der Waals surface area contributed by atoms with Gasteiger partial charge in [0.25, 0.3) is 0 Å². The van der Waals surface area contributed by atoms with Crippen molar-refractivity contribution in [3.8, 4) is 0 Å². The average Bonchev–Trinajstić information content (AvgIpc) is 2.43. The number of benzene rings is 2. The minimum atomic E-state index is -0.812.